The number of nitrogens with zero attached hydrogens (tertiary/aromatic N) is 2. The number of hydrogen-bond acceptors (Lipinski definition) is 2. The number of nitrogens with one attached hydrogen (secondary N) is 1. The van der Waals surface area contributed by atoms with Gasteiger partial charge in [0.15, 0.2) is 0 Å². The highest BCUT2D eigenvalue weighted by Crippen LogP contribution is 2.20. The van der Waals surface area contributed by atoms with Crippen molar-refractivity contribution in [3.8, 4) is 0 Å². The molecule has 2 aromatic rings. The maximum absolute atomic E-state index is 4.26. The zero-order chi connectivity index (χ0) is 12.3. The molecule has 1 atom stereocenters. The Kier molecular flexibility index (Phi) is 3.59. The quantitative estimate of drug-likeness (QED) is 0.872. The van der Waals surface area contributed by atoms with E-state index in [0.29, 0.717) is 6.04 Å². The van der Waals surface area contributed by atoms with Crippen LogP contribution in [0, 0.1) is 13.8 Å². The maximum atomic E-state index is 4.26. The second kappa shape index (κ2) is 5.15. The second-order valence-corrected chi connectivity index (χ2v) is 4.43. The zero-order valence-corrected chi connectivity index (χ0v) is 10.6. The largest absolute Gasteiger partial charge is 0.311 e. The molecule has 1 N–H and O–H groups in total. The van der Waals surface area contributed by atoms with Crippen molar-refractivity contribution in [2.24, 2.45) is 0 Å². The molecule has 2 rings (SSSR count). The molecule has 0 aliphatic carbocycles. The number of benzene rings is 1. The third-order valence-corrected chi connectivity index (χ3v) is 3.09. The van der Waals surface area contributed by atoms with Gasteiger partial charge in [-0.05, 0) is 38.1 Å². The van der Waals surface area contributed by atoms with Crippen LogP contribution in [0.5, 0.6) is 0 Å². The molecular weight excluding hydrogens is 210 g/mol. The predicted octanol–water partition coefficient (Wildman–Crippen LogP) is 2.46. The zero-order valence-electron chi connectivity index (χ0n) is 10.6. The Hall–Kier alpha value is -1.61. The van der Waals surface area contributed by atoms with Crippen LogP contribution in [0.2, 0.25) is 0 Å². The van der Waals surface area contributed by atoms with Crippen molar-refractivity contribution in [1.82, 2.24) is 15.1 Å². The number of rotatable bonds is 4. The molecule has 0 spiro atoms. The molecule has 1 heterocycles. The van der Waals surface area contributed by atoms with Crippen LogP contribution in [-0.2, 0) is 6.54 Å². The molecule has 3 nitrogen and oxygen atoms in total. The summed E-state index contributed by atoms with van der Waals surface area (Å²) in [5, 5.41) is 7.62. The summed E-state index contributed by atoms with van der Waals surface area (Å²) >= 11 is 0. The lowest BCUT2D eigenvalue weighted by Crippen LogP contribution is -2.23. The van der Waals surface area contributed by atoms with Gasteiger partial charge >= 0.3 is 0 Å². The second-order valence-electron chi connectivity index (χ2n) is 4.43. The van der Waals surface area contributed by atoms with E-state index in [1.807, 2.05) is 30.2 Å². The van der Waals surface area contributed by atoms with E-state index in [0.717, 1.165) is 6.54 Å². The Bertz CT molecular complexity index is 474. The van der Waals surface area contributed by atoms with Crippen LogP contribution < -0.4 is 5.32 Å². The molecule has 0 saturated carbocycles. The first-order valence-electron chi connectivity index (χ1n) is 5.92. The third kappa shape index (κ3) is 2.74. The molecule has 0 radical (unpaired) electrons. The van der Waals surface area contributed by atoms with Crippen molar-refractivity contribution >= 4 is 0 Å². The minimum atomic E-state index is 0.301. The lowest BCUT2D eigenvalue weighted by atomic mass is 9.99. The lowest BCUT2D eigenvalue weighted by molar-refractivity contribution is 0.466. The minimum Gasteiger partial charge on any atom is -0.311 e. The van der Waals surface area contributed by atoms with Gasteiger partial charge < -0.3 is 5.32 Å². The van der Waals surface area contributed by atoms with Crippen molar-refractivity contribution in [3.63, 3.8) is 0 Å². The Morgan fingerprint density at radius 2 is 2.18 bits per heavy atom. The summed E-state index contributed by atoms with van der Waals surface area (Å²) in [6.07, 6.45) is 3.81. The number of aromatic nitrogens is 2. The van der Waals surface area contributed by atoms with E-state index in [1.54, 1.807) is 0 Å². The highest BCUT2D eigenvalue weighted by Gasteiger charge is 2.12. The first kappa shape index (κ1) is 11.9. The molecule has 0 fully saturated rings. The van der Waals surface area contributed by atoms with E-state index in [-0.39, 0.29) is 0 Å². The molecule has 1 aromatic heterocycles. The van der Waals surface area contributed by atoms with E-state index >= 15 is 0 Å². The van der Waals surface area contributed by atoms with Gasteiger partial charge in [0, 0.05) is 12.4 Å². The normalized spacial score (nSPS) is 12.6. The maximum Gasteiger partial charge on any atom is 0.0604 e. The fraction of sp³-hybridized carbons (Fsp3) is 0.357. The SMILES string of the molecule is CNC(Cn1cccn1)c1cc(C)ccc1C. The molecule has 1 unspecified atom stereocenters. The van der Waals surface area contributed by atoms with E-state index in [9.17, 15) is 0 Å². The van der Waals surface area contributed by atoms with Crippen LogP contribution in [-0.4, -0.2) is 16.8 Å². The van der Waals surface area contributed by atoms with Crippen molar-refractivity contribution in [3.05, 3.63) is 53.3 Å². The van der Waals surface area contributed by atoms with Crippen molar-refractivity contribution < 1.29 is 0 Å². The fourth-order valence-electron chi connectivity index (χ4n) is 2.08. The minimum absolute atomic E-state index is 0.301. The summed E-state index contributed by atoms with van der Waals surface area (Å²) in [6.45, 7) is 5.14. The van der Waals surface area contributed by atoms with Crippen LogP contribution >= 0.6 is 0 Å². The summed E-state index contributed by atoms with van der Waals surface area (Å²) in [4.78, 5) is 0. The summed E-state index contributed by atoms with van der Waals surface area (Å²) in [7, 11) is 2.00. The van der Waals surface area contributed by atoms with Crippen LogP contribution in [0.15, 0.2) is 36.7 Å². The topological polar surface area (TPSA) is 29.9 Å². The molecule has 0 aliphatic rings. The summed E-state index contributed by atoms with van der Waals surface area (Å²) in [5.41, 5.74) is 3.97. The Morgan fingerprint density at radius 1 is 1.35 bits per heavy atom. The Labute approximate surface area is 102 Å². The molecule has 0 bridgehead atoms. The van der Waals surface area contributed by atoms with Gasteiger partial charge in [0.25, 0.3) is 0 Å². The smallest absolute Gasteiger partial charge is 0.0604 e. The van der Waals surface area contributed by atoms with Crippen molar-refractivity contribution in [1.29, 1.82) is 0 Å². The van der Waals surface area contributed by atoms with E-state index < -0.39 is 0 Å². The van der Waals surface area contributed by atoms with Crippen LogP contribution in [0.4, 0.5) is 0 Å². The van der Waals surface area contributed by atoms with Crippen molar-refractivity contribution in [2.45, 2.75) is 26.4 Å². The average molecular weight is 229 g/mol. The van der Waals surface area contributed by atoms with Gasteiger partial charge in [0.05, 0.1) is 12.6 Å². The van der Waals surface area contributed by atoms with E-state index in [1.165, 1.54) is 16.7 Å². The summed E-state index contributed by atoms with van der Waals surface area (Å²) in [6, 6.07) is 8.84. The standard InChI is InChI=1S/C14H19N3/c1-11-5-6-12(2)13(9-11)14(15-3)10-17-8-4-7-16-17/h4-9,14-15H,10H2,1-3H3. The van der Waals surface area contributed by atoms with Gasteiger partial charge in [-0.15, -0.1) is 0 Å². The van der Waals surface area contributed by atoms with Gasteiger partial charge in [-0.25, -0.2) is 0 Å². The molecule has 17 heavy (non-hydrogen) atoms. The van der Waals surface area contributed by atoms with Crippen LogP contribution in [0.3, 0.4) is 0 Å². The number of likely N-dealkylation sites (N-methyl/N-ethyl adjacent to an activating group) is 1. The number of hydrogen-bond donors (Lipinski definition) is 1. The van der Waals surface area contributed by atoms with Gasteiger partial charge in [0.1, 0.15) is 0 Å². The monoisotopic (exact) mass is 229 g/mol. The third-order valence-electron chi connectivity index (χ3n) is 3.09. The Morgan fingerprint density at radius 3 is 2.82 bits per heavy atom. The van der Waals surface area contributed by atoms with Gasteiger partial charge in [-0.3, -0.25) is 4.68 Å². The van der Waals surface area contributed by atoms with Gasteiger partial charge in [-0.2, -0.15) is 5.10 Å². The Balaban J connectivity index is 2.25. The highest BCUT2D eigenvalue weighted by molar-refractivity contribution is 5.32. The summed E-state index contributed by atoms with van der Waals surface area (Å²) in [5.74, 6) is 0. The molecule has 0 amide bonds. The molecule has 0 saturated heterocycles. The molecular formula is C14H19N3. The lowest BCUT2D eigenvalue weighted by Gasteiger charge is -2.19. The van der Waals surface area contributed by atoms with Crippen LogP contribution in [0.25, 0.3) is 0 Å². The van der Waals surface area contributed by atoms with Gasteiger partial charge in [0.2, 0.25) is 0 Å². The predicted molar refractivity (Wildman–Crippen MR) is 69.9 cm³/mol. The first-order valence-corrected chi connectivity index (χ1v) is 5.92. The van der Waals surface area contributed by atoms with E-state index in [4.69, 9.17) is 0 Å². The molecule has 0 aliphatic heterocycles. The van der Waals surface area contributed by atoms with Gasteiger partial charge in [-0.1, -0.05) is 23.8 Å². The van der Waals surface area contributed by atoms with E-state index in [2.05, 4.69) is 42.5 Å². The average Bonchev–Trinajstić information content (AvgIpc) is 2.82. The fourth-order valence-corrected chi connectivity index (χ4v) is 2.08. The highest BCUT2D eigenvalue weighted by atomic mass is 15.3. The van der Waals surface area contributed by atoms with Crippen LogP contribution in [0.1, 0.15) is 22.7 Å². The molecule has 1 aromatic carbocycles. The number of aryl methyl sites for hydroxylation is 2. The van der Waals surface area contributed by atoms with Crippen molar-refractivity contribution in [2.75, 3.05) is 7.05 Å². The molecule has 3 heteroatoms. The first-order chi connectivity index (χ1) is 8.20. The summed E-state index contributed by atoms with van der Waals surface area (Å²) < 4.78 is 1.96. The molecule has 90 valence electrons.